The monoisotopic (exact) mass is 72.1 g/mol. The average molecular weight is 72.1 g/mol. The van der Waals surface area contributed by atoms with Crippen molar-refractivity contribution in [2.45, 2.75) is 0 Å². The highest BCUT2D eigenvalue weighted by Gasteiger charge is 1.70. The largest absolute Gasteiger partial charge is 0.258 e. The third kappa shape index (κ3) is 3.92. The number of hydrazine groups is 1. The number of rotatable bonds is 1. The molecule has 0 aliphatic rings. The van der Waals surface area contributed by atoms with Crippen LogP contribution in [0.3, 0.4) is 0 Å². The van der Waals surface area contributed by atoms with Gasteiger partial charge in [-0.05, 0) is 7.05 Å². The maximum absolute atomic E-state index is 5.01. The van der Waals surface area contributed by atoms with E-state index in [2.05, 4.69) is 5.43 Å². The summed E-state index contributed by atoms with van der Waals surface area (Å²) in [5, 5.41) is 1.38. The molecule has 0 amide bonds. The van der Waals surface area contributed by atoms with E-state index in [-0.39, 0.29) is 0 Å². The summed E-state index contributed by atoms with van der Waals surface area (Å²) in [6, 6.07) is 0. The Kier molecular flexibility index (Phi) is 2.14. The minimum atomic E-state index is 1.38. The van der Waals surface area contributed by atoms with Crippen molar-refractivity contribution in [3.63, 3.8) is 0 Å². The van der Waals surface area contributed by atoms with Gasteiger partial charge in [-0.25, -0.2) is 5.01 Å². The lowest BCUT2D eigenvalue weighted by Crippen LogP contribution is -2.22. The molecule has 2 radical (unpaired) electrons. The molecule has 0 aromatic rings. The van der Waals surface area contributed by atoms with Gasteiger partial charge in [-0.2, -0.15) is 0 Å². The molecule has 0 saturated carbocycles. The topological polar surface area (TPSA) is 15.3 Å². The van der Waals surface area contributed by atoms with Gasteiger partial charge in [-0.1, -0.05) is 0 Å². The van der Waals surface area contributed by atoms with Crippen molar-refractivity contribution in [3.8, 4) is 0 Å². The first-order valence-electron chi connectivity index (χ1n) is 1.43. The molecule has 1 N–H and O–H groups in total. The zero-order chi connectivity index (χ0) is 4.28. The fourth-order valence-electron chi connectivity index (χ4n) is 0. The molecule has 5 heavy (non-hydrogen) atoms. The zero-order valence-electron chi connectivity index (χ0n) is 3.52. The molecule has 0 rings (SSSR count). The standard InChI is InChI=1S/C3H8N2/c1-4-5(2)3/h2,4H,1,3H3. The van der Waals surface area contributed by atoms with Crippen molar-refractivity contribution in [3.05, 3.63) is 7.05 Å². The van der Waals surface area contributed by atoms with E-state index in [9.17, 15) is 0 Å². The van der Waals surface area contributed by atoms with Crippen molar-refractivity contribution in [1.29, 1.82) is 0 Å². The highest BCUT2D eigenvalue weighted by molar-refractivity contribution is 4.24. The van der Waals surface area contributed by atoms with E-state index in [4.69, 9.17) is 7.05 Å². The first-order valence-corrected chi connectivity index (χ1v) is 1.43. The highest BCUT2D eigenvalue weighted by atomic mass is 15.5. The molecule has 2 heteroatoms. The molecule has 0 aliphatic heterocycles. The van der Waals surface area contributed by atoms with Crippen LogP contribution in [-0.4, -0.2) is 19.1 Å². The summed E-state index contributed by atoms with van der Waals surface area (Å²) in [6.45, 7) is 0. The van der Waals surface area contributed by atoms with E-state index in [0.717, 1.165) is 0 Å². The summed E-state index contributed by atoms with van der Waals surface area (Å²) in [4.78, 5) is 0. The lowest BCUT2D eigenvalue weighted by Gasteiger charge is -2.01. The molecular weight excluding hydrogens is 64.0 g/mol. The second kappa shape index (κ2) is 2.18. The van der Waals surface area contributed by atoms with Gasteiger partial charge >= 0.3 is 0 Å². The Hall–Kier alpha value is -0.0800. The number of hydrogen-bond acceptors (Lipinski definition) is 2. The van der Waals surface area contributed by atoms with E-state index in [1.54, 1.807) is 14.1 Å². The van der Waals surface area contributed by atoms with Crippen LogP contribution in [0.5, 0.6) is 0 Å². The summed E-state index contributed by atoms with van der Waals surface area (Å²) in [5.41, 5.74) is 2.64. The SMILES string of the molecule is [CH]N(C)NC. The van der Waals surface area contributed by atoms with Crippen molar-refractivity contribution < 1.29 is 0 Å². The molecule has 0 aromatic carbocycles. The van der Waals surface area contributed by atoms with Gasteiger partial charge in [0, 0.05) is 7.05 Å². The van der Waals surface area contributed by atoms with Gasteiger partial charge in [0.15, 0.2) is 0 Å². The predicted molar refractivity (Wildman–Crippen MR) is 21.1 cm³/mol. The fourth-order valence-corrected chi connectivity index (χ4v) is 0. The van der Waals surface area contributed by atoms with Crippen LogP contribution in [0.15, 0.2) is 0 Å². The van der Waals surface area contributed by atoms with Crippen LogP contribution >= 0.6 is 0 Å². The highest BCUT2D eigenvalue weighted by Crippen LogP contribution is 1.54. The van der Waals surface area contributed by atoms with Gasteiger partial charge in [-0.3, -0.25) is 5.43 Å². The molecular formula is C3H8N2. The van der Waals surface area contributed by atoms with E-state index in [1.807, 2.05) is 0 Å². The first kappa shape index (κ1) is 4.92. The smallest absolute Gasteiger partial charge is 0.0611 e. The lowest BCUT2D eigenvalue weighted by molar-refractivity contribution is 0.359. The fraction of sp³-hybridized carbons (Fsp3) is 0.667. The Balaban J connectivity index is 2.54. The first-order chi connectivity index (χ1) is 2.27. The van der Waals surface area contributed by atoms with Gasteiger partial charge in [0.25, 0.3) is 0 Å². The van der Waals surface area contributed by atoms with Crippen molar-refractivity contribution >= 4 is 0 Å². The molecule has 0 aliphatic carbocycles. The molecule has 0 atom stereocenters. The molecule has 0 unspecified atom stereocenters. The quantitative estimate of drug-likeness (QED) is 0.338. The van der Waals surface area contributed by atoms with E-state index < -0.39 is 0 Å². The Morgan fingerprint density at radius 2 is 2.00 bits per heavy atom. The third-order valence-electron chi connectivity index (χ3n) is 0.353. The average Bonchev–Trinajstić information content (AvgIpc) is 1.38. The molecule has 0 saturated heterocycles. The molecule has 0 fully saturated rings. The minimum Gasteiger partial charge on any atom is -0.258 e. The van der Waals surface area contributed by atoms with Crippen molar-refractivity contribution in [1.82, 2.24) is 10.4 Å². The Bertz CT molecular complexity index is 18.9. The number of hydrogen-bond donors (Lipinski definition) is 1. The predicted octanol–water partition coefficient (Wildman–Crippen LogP) is -0.279. The van der Waals surface area contributed by atoms with Crippen LogP contribution in [0.4, 0.5) is 0 Å². The van der Waals surface area contributed by atoms with Crippen LogP contribution in [0.2, 0.25) is 0 Å². The van der Waals surface area contributed by atoms with E-state index in [0.29, 0.717) is 0 Å². The molecule has 2 nitrogen and oxygen atoms in total. The van der Waals surface area contributed by atoms with Gasteiger partial charge in [0.1, 0.15) is 0 Å². The summed E-state index contributed by atoms with van der Waals surface area (Å²) in [5.74, 6) is 0. The maximum atomic E-state index is 5.01. The molecule has 0 spiro atoms. The van der Waals surface area contributed by atoms with E-state index in [1.165, 1.54) is 5.01 Å². The summed E-state index contributed by atoms with van der Waals surface area (Å²) in [6.07, 6.45) is 0. The maximum Gasteiger partial charge on any atom is 0.0611 e. The molecule has 0 heterocycles. The molecule has 0 aromatic heterocycles. The van der Waals surface area contributed by atoms with Gasteiger partial charge in [0.05, 0.1) is 7.05 Å². The lowest BCUT2D eigenvalue weighted by atomic mass is 11.1. The van der Waals surface area contributed by atoms with Crippen LogP contribution in [0.25, 0.3) is 0 Å². The van der Waals surface area contributed by atoms with Gasteiger partial charge < -0.3 is 0 Å². The van der Waals surface area contributed by atoms with Gasteiger partial charge in [0.2, 0.25) is 0 Å². The number of nitrogens with one attached hydrogen (secondary N) is 1. The molecule has 0 bridgehead atoms. The van der Waals surface area contributed by atoms with E-state index >= 15 is 0 Å². The van der Waals surface area contributed by atoms with Crippen LogP contribution < -0.4 is 5.43 Å². The number of nitrogens with zero attached hydrogens (tertiary/aromatic N) is 1. The van der Waals surface area contributed by atoms with Crippen LogP contribution in [0, 0.1) is 7.05 Å². The van der Waals surface area contributed by atoms with Crippen molar-refractivity contribution in [2.75, 3.05) is 14.1 Å². The van der Waals surface area contributed by atoms with Gasteiger partial charge in [-0.15, -0.1) is 0 Å². The summed E-state index contributed by atoms with van der Waals surface area (Å²) < 4.78 is 0. The van der Waals surface area contributed by atoms with Crippen molar-refractivity contribution in [2.24, 2.45) is 0 Å². The second-order valence-corrected chi connectivity index (χ2v) is 0.835. The second-order valence-electron chi connectivity index (χ2n) is 0.835. The Labute approximate surface area is 32.7 Å². The third-order valence-corrected chi connectivity index (χ3v) is 0.353. The van der Waals surface area contributed by atoms with Crippen LogP contribution in [-0.2, 0) is 0 Å². The normalized spacial score (nSPS) is 9.60. The summed E-state index contributed by atoms with van der Waals surface area (Å²) in [7, 11) is 8.49. The Morgan fingerprint density at radius 1 is 1.80 bits per heavy atom. The Morgan fingerprint density at radius 3 is 2.00 bits per heavy atom. The minimum absolute atomic E-state index is 1.38. The van der Waals surface area contributed by atoms with Crippen LogP contribution in [0.1, 0.15) is 0 Å². The molecule has 30 valence electrons. The zero-order valence-corrected chi connectivity index (χ0v) is 3.52. The summed E-state index contributed by atoms with van der Waals surface area (Å²) >= 11 is 0.